The molecule has 4 nitrogen and oxygen atoms in total. The Balaban J connectivity index is 2.31. The number of aromatic nitrogens is 3. The van der Waals surface area contributed by atoms with E-state index in [2.05, 4.69) is 15.1 Å². The van der Waals surface area contributed by atoms with Gasteiger partial charge in [0.25, 0.3) is 5.89 Å². The third kappa shape index (κ3) is 2.22. The summed E-state index contributed by atoms with van der Waals surface area (Å²) >= 11 is 6.03. The number of alkyl halides is 1. The van der Waals surface area contributed by atoms with Crippen LogP contribution < -0.4 is 0 Å². The van der Waals surface area contributed by atoms with E-state index >= 15 is 0 Å². The molecule has 0 aliphatic heterocycles. The second kappa shape index (κ2) is 4.61. The van der Waals surface area contributed by atoms with Gasteiger partial charge in [-0.2, -0.15) is 4.98 Å². The van der Waals surface area contributed by atoms with Crippen LogP contribution in [0.15, 0.2) is 22.9 Å². The quantitative estimate of drug-likeness (QED) is 0.770. The molecule has 16 heavy (non-hydrogen) atoms. The Labute approximate surface area is 98.7 Å². The predicted molar refractivity (Wildman–Crippen MR) is 61.2 cm³/mol. The molecular formula is C11H12ClN3O. The van der Waals surface area contributed by atoms with Crippen molar-refractivity contribution >= 4 is 11.6 Å². The average Bonchev–Trinajstić information content (AvgIpc) is 2.77. The highest BCUT2D eigenvalue weighted by molar-refractivity contribution is 6.20. The lowest BCUT2D eigenvalue weighted by molar-refractivity contribution is 0.421. The van der Waals surface area contributed by atoms with E-state index in [-0.39, 0.29) is 5.38 Å². The fraction of sp³-hybridized carbons (Fsp3) is 0.364. The summed E-state index contributed by atoms with van der Waals surface area (Å²) < 4.78 is 5.16. The number of rotatable bonds is 3. The maximum atomic E-state index is 6.03. The van der Waals surface area contributed by atoms with E-state index in [1.54, 1.807) is 6.20 Å². The Kier molecular flexibility index (Phi) is 3.19. The fourth-order valence-corrected chi connectivity index (χ4v) is 1.43. The van der Waals surface area contributed by atoms with Crippen LogP contribution in [0, 0.1) is 6.92 Å². The molecular weight excluding hydrogens is 226 g/mol. The van der Waals surface area contributed by atoms with Crippen molar-refractivity contribution in [3.8, 4) is 11.5 Å². The molecule has 0 saturated carbocycles. The van der Waals surface area contributed by atoms with Gasteiger partial charge in [-0.1, -0.05) is 12.1 Å². The van der Waals surface area contributed by atoms with E-state index < -0.39 is 0 Å². The van der Waals surface area contributed by atoms with Gasteiger partial charge in [0.1, 0.15) is 0 Å². The largest absolute Gasteiger partial charge is 0.334 e. The van der Waals surface area contributed by atoms with Gasteiger partial charge in [-0.05, 0) is 25.5 Å². The van der Waals surface area contributed by atoms with Crippen LogP contribution in [-0.4, -0.2) is 15.1 Å². The molecule has 5 heteroatoms. The normalized spacial score (nSPS) is 12.7. The van der Waals surface area contributed by atoms with E-state index in [1.165, 1.54) is 0 Å². The second-order valence-electron chi connectivity index (χ2n) is 3.52. The van der Waals surface area contributed by atoms with Gasteiger partial charge >= 0.3 is 0 Å². The number of pyridine rings is 1. The summed E-state index contributed by atoms with van der Waals surface area (Å²) in [6.45, 7) is 3.89. The Bertz CT molecular complexity index is 484. The molecule has 2 heterocycles. The van der Waals surface area contributed by atoms with Crippen molar-refractivity contribution in [1.82, 2.24) is 15.1 Å². The van der Waals surface area contributed by atoms with Crippen LogP contribution >= 0.6 is 11.6 Å². The minimum atomic E-state index is -0.194. The molecule has 0 aliphatic rings. The minimum Gasteiger partial charge on any atom is -0.334 e. The van der Waals surface area contributed by atoms with Gasteiger partial charge < -0.3 is 4.52 Å². The van der Waals surface area contributed by atoms with Crippen LogP contribution in [-0.2, 0) is 0 Å². The van der Waals surface area contributed by atoms with Crippen LogP contribution in [0.5, 0.6) is 0 Å². The van der Waals surface area contributed by atoms with Crippen LogP contribution in [0.25, 0.3) is 11.5 Å². The molecule has 0 bridgehead atoms. The zero-order chi connectivity index (χ0) is 11.5. The van der Waals surface area contributed by atoms with E-state index in [4.69, 9.17) is 16.1 Å². The molecule has 0 fully saturated rings. The standard InChI is InChI=1S/C11H12ClN3O/c1-3-9(12)10-14-11(16-15-10)8-4-5-13-7(2)6-8/h4-6,9H,3H2,1-2H3. The number of hydrogen-bond acceptors (Lipinski definition) is 4. The molecule has 0 aromatic carbocycles. The van der Waals surface area contributed by atoms with Gasteiger partial charge in [0, 0.05) is 17.5 Å². The molecule has 0 aliphatic carbocycles. The molecule has 2 aromatic rings. The maximum absolute atomic E-state index is 6.03. The second-order valence-corrected chi connectivity index (χ2v) is 4.05. The van der Waals surface area contributed by atoms with E-state index in [9.17, 15) is 0 Å². The first-order chi connectivity index (χ1) is 7.70. The molecule has 0 amide bonds. The number of aryl methyl sites for hydroxylation is 1. The molecule has 0 N–H and O–H groups in total. The first-order valence-corrected chi connectivity index (χ1v) is 5.55. The molecule has 2 aromatic heterocycles. The summed E-state index contributed by atoms with van der Waals surface area (Å²) in [5.41, 5.74) is 1.78. The van der Waals surface area contributed by atoms with Crippen LogP contribution in [0.1, 0.15) is 30.2 Å². The van der Waals surface area contributed by atoms with Crippen molar-refractivity contribution < 1.29 is 4.52 Å². The maximum Gasteiger partial charge on any atom is 0.258 e. The highest BCUT2D eigenvalue weighted by Crippen LogP contribution is 2.24. The van der Waals surface area contributed by atoms with Gasteiger partial charge in [-0.15, -0.1) is 11.6 Å². The molecule has 0 saturated heterocycles. The Morgan fingerprint density at radius 3 is 3.00 bits per heavy atom. The van der Waals surface area contributed by atoms with Gasteiger partial charge in [0.15, 0.2) is 5.82 Å². The number of nitrogens with zero attached hydrogens (tertiary/aromatic N) is 3. The Morgan fingerprint density at radius 1 is 1.50 bits per heavy atom. The van der Waals surface area contributed by atoms with E-state index in [0.717, 1.165) is 17.7 Å². The molecule has 2 rings (SSSR count). The topological polar surface area (TPSA) is 51.8 Å². The third-order valence-corrected chi connectivity index (χ3v) is 2.73. The van der Waals surface area contributed by atoms with E-state index in [1.807, 2.05) is 26.0 Å². The molecule has 84 valence electrons. The molecule has 1 unspecified atom stereocenters. The van der Waals surface area contributed by atoms with Crippen LogP contribution in [0.4, 0.5) is 0 Å². The smallest absolute Gasteiger partial charge is 0.258 e. The minimum absolute atomic E-state index is 0.194. The first-order valence-electron chi connectivity index (χ1n) is 5.11. The number of hydrogen-bond donors (Lipinski definition) is 0. The van der Waals surface area contributed by atoms with Crippen molar-refractivity contribution in [3.05, 3.63) is 29.8 Å². The van der Waals surface area contributed by atoms with Crippen molar-refractivity contribution in [1.29, 1.82) is 0 Å². The lowest BCUT2D eigenvalue weighted by Crippen LogP contribution is -1.90. The van der Waals surface area contributed by atoms with Gasteiger partial charge in [-0.25, -0.2) is 0 Å². The summed E-state index contributed by atoms with van der Waals surface area (Å²) in [6.07, 6.45) is 2.49. The Hall–Kier alpha value is -1.42. The third-order valence-electron chi connectivity index (χ3n) is 2.22. The average molecular weight is 238 g/mol. The molecule has 0 spiro atoms. The zero-order valence-electron chi connectivity index (χ0n) is 9.14. The monoisotopic (exact) mass is 237 g/mol. The summed E-state index contributed by atoms with van der Waals surface area (Å²) in [5.74, 6) is 1.02. The first kappa shape index (κ1) is 11.1. The lowest BCUT2D eigenvalue weighted by atomic mass is 10.2. The van der Waals surface area contributed by atoms with E-state index in [0.29, 0.717) is 11.7 Å². The van der Waals surface area contributed by atoms with Crippen molar-refractivity contribution in [2.24, 2.45) is 0 Å². The predicted octanol–water partition coefficient (Wildman–Crippen LogP) is 3.13. The van der Waals surface area contributed by atoms with Gasteiger partial charge in [-0.3, -0.25) is 4.98 Å². The molecule has 1 atom stereocenters. The van der Waals surface area contributed by atoms with Crippen molar-refractivity contribution in [2.75, 3.05) is 0 Å². The van der Waals surface area contributed by atoms with Crippen molar-refractivity contribution in [3.63, 3.8) is 0 Å². The lowest BCUT2D eigenvalue weighted by Gasteiger charge is -1.96. The summed E-state index contributed by atoms with van der Waals surface area (Å²) in [4.78, 5) is 8.36. The highest BCUT2D eigenvalue weighted by atomic mass is 35.5. The SMILES string of the molecule is CCC(Cl)c1noc(-c2ccnc(C)c2)n1. The Morgan fingerprint density at radius 2 is 2.31 bits per heavy atom. The highest BCUT2D eigenvalue weighted by Gasteiger charge is 2.14. The number of halogens is 1. The van der Waals surface area contributed by atoms with Gasteiger partial charge in [0.2, 0.25) is 0 Å². The fourth-order valence-electron chi connectivity index (χ4n) is 1.34. The van der Waals surface area contributed by atoms with Crippen molar-refractivity contribution in [2.45, 2.75) is 25.6 Å². The van der Waals surface area contributed by atoms with Gasteiger partial charge in [0.05, 0.1) is 5.38 Å². The van der Waals surface area contributed by atoms with Crippen LogP contribution in [0.3, 0.4) is 0 Å². The summed E-state index contributed by atoms with van der Waals surface area (Å²) in [6, 6.07) is 3.73. The van der Waals surface area contributed by atoms with Crippen LogP contribution in [0.2, 0.25) is 0 Å². The summed E-state index contributed by atoms with van der Waals surface area (Å²) in [5, 5.41) is 3.66. The zero-order valence-corrected chi connectivity index (χ0v) is 9.90. The summed E-state index contributed by atoms with van der Waals surface area (Å²) in [7, 11) is 0. The molecule has 0 radical (unpaired) electrons.